The molecule has 0 saturated heterocycles. The first-order chi connectivity index (χ1) is 12.8. The monoisotopic (exact) mass is 388 g/mol. The molecule has 7 nitrogen and oxygen atoms in total. The number of hydrogen-bond acceptors (Lipinski definition) is 6. The Morgan fingerprint density at radius 3 is 2.44 bits per heavy atom. The molecule has 2 aromatic rings. The molecular weight excluding hydrogens is 368 g/mol. The second kappa shape index (κ2) is 9.16. The maximum atomic E-state index is 12.3. The molecule has 0 aliphatic heterocycles. The average Bonchev–Trinajstić information content (AvgIpc) is 2.65. The van der Waals surface area contributed by atoms with Crippen LogP contribution < -0.4 is 14.2 Å². The minimum absolute atomic E-state index is 0.169. The Morgan fingerprint density at radius 2 is 1.85 bits per heavy atom. The molecule has 2 rings (SSSR count). The van der Waals surface area contributed by atoms with Crippen molar-refractivity contribution < 1.29 is 22.7 Å². The van der Waals surface area contributed by atoms with Gasteiger partial charge >= 0.3 is 0 Å². The molecule has 0 unspecified atom stereocenters. The Labute approximate surface area is 158 Å². The van der Waals surface area contributed by atoms with Crippen LogP contribution in [0, 0.1) is 11.3 Å². The second-order valence-electron chi connectivity index (χ2n) is 5.80. The summed E-state index contributed by atoms with van der Waals surface area (Å²) in [5, 5.41) is 8.90. The van der Waals surface area contributed by atoms with E-state index in [1.54, 1.807) is 42.5 Å². The lowest BCUT2D eigenvalue weighted by Crippen LogP contribution is -2.24. The van der Waals surface area contributed by atoms with Crippen molar-refractivity contribution in [3.63, 3.8) is 0 Å². The fourth-order valence-electron chi connectivity index (χ4n) is 2.32. The minimum Gasteiger partial charge on any atom is -0.493 e. The number of hydrogen-bond donors (Lipinski definition) is 1. The summed E-state index contributed by atoms with van der Waals surface area (Å²) in [7, 11) is -1.75. The normalized spacial score (nSPS) is 10.9. The van der Waals surface area contributed by atoms with Gasteiger partial charge in [0.1, 0.15) is 0 Å². The molecule has 27 heavy (non-hydrogen) atoms. The maximum absolute atomic E-state index is 12.3. The highest BCUT2D eigenvalue weighted by atomic mass is 32.2. The number of nitrogens with zero attached hydrogens (tertiary/aromatic N) is 1. The number of ether oxygens (including phenoxy) is 2. The second-order valence-corrected chi connectivity index (χ2v) is 7.64. The van der Waals surface area contributed by atoms with Crippen LogP contribution in [0.25, 0.3) is 0 Å². The predicted molar refractivity (Wildman–Crippen MR) is 101 cm³/mol. The molecule has 0 spiro atoms. The quantitative estimate of drug-likeness (QED) is 0.658. The summed E-state index contributed by atoms with van der Waals surface area (Å²) in [4.78, 5) is 12.3. The third-order valence-electron chi connectivity index (χ3n) is 3.71. The SMILES string of the molecule is COc1cc(C#N)ccc1OCC(=O)c1ccc(CCNS(C)(=O)=O)cc1. The van der Waals surface area contributed by atoms with Crippen LogP contribution in [-0.2, 0) is 16.4 Å². The van der Waals surface area contributed by atoms with Gasteiger partial charge in [0.05, 0.1) is 25.0 Å². The Hall–Kier alpha value is -2.89. The van der Waals surface area contributed by atoms with Crippen LogP contribution >= 0.6 is 0 Å². The van der Waals surface area contributed by atoms with Crippen LogP contribution in [0.2, 0.25) is 0 Å². The van der Waals surface area contributed by atoms with Crippen LogP contribution in [0.15, 0.2) is 42.5 Å². The first-order valence-electron chi connectivity index (χ1n) is 8.10. The number of benzene rings is 2. The van der Waals surface area contributed by atoms with E-state index in [0.717, 1.165) is 11.8 Å². The summed E-state index contributed by atoms with van der Waals surface area (Å²) < 4.78 is 35.2. The lowest BCUT2D eigenvalue weighted by atomic mass is 10.1. The summed E-state index contributed by atoms with van der Waals surface area (Å²) in [5.41, 5.74) is 1.84. The topological polar surface area (TPSA) is 105 Å². The zero-order chi connectivity index (χ0) is 19.9. The molecule has 0 aromatic heterocycles. The number of ketones is 1. The number of carbonyl (C=O) groups is 1. The van der Waals surface area contributed by atoms with E-state index in [-0.39, 0.29) is 12.4 Å². The lowest BCUT2D eigenvalue weighted by molar-refractivity contribution is 0.0919. The highest BCUT2D eigenvalue weighted by molar-refractivity contribution is 7.88. The third kappa shape index (κ3) is 6.40. The summed E-state index contributed by atoms with van der Waals surface area (Å²) in [6.07, 6.45) is 1.64. The molecule has 8 heteroatoms. The largest absolute Gasteiger partial charge is 0.493 e. The van der Waals surface area contributed by atoms with Crippen LogP contribution in [-0.4, -0.2) is 40.7 Å². The number of nitrogens with one attached hydrogen (secondary N) is 1. The number of Topliss-reactive ketones (excluding diaryl/α,β-unsaturated/α-hetero) is 1. The Balaban J connectivity index is 1.94. The van der Waals surface area contributed by atoms with Crippen molar-refractivity contribution in [3.8, 4) is 17.6 Å². The molecule has 0 radical (unpaired) electrons. The fraction of sp³-hybridized carbons (Fsp3) is 0.263. The molecule has 0 bridgehead atoms. The van der Waals surface area contributed by atoms with Crippen LogP contribution in [0.1, 0.15) is 21.5 Å². The van der Waals surface area contributed by atoms with E-state index in [1.807, 2.05) is 6.07 Å². The molecule has 142 valence electrons. The van der Waals surface area contributed by atoms with E-state index in [0.29, 0.717) is 35.6 Å². The fourth-order valence-corrected chi connectivity index (χ4v) is 2.79. The standard InChI is InChI=1S/C19H20N2O5S/c1-25-19-11-15(12-20)5-8-18(19)26-13-17(22)16-6-3-14(4-7-16)9-10-21-27(2,23)24/h3-8,11,21H,9-10,13H2,1-2H3. The molecule has 0 aliphatic carbocycles. The summed E-state index contributed by atoms with van der Waals surface area (Å²) in [5.74, 6) is 0.561. The highest BCUT2D eigenvalue weighted by Crippen LogP contribution is 2.27. The Morgan fingerprint density at radius 1 is 1.15 bits per heavy atom. The first-order valence-corrected chi connectivity index (χ1v) is 9.99. The molecule has 0 saturated carbocycles. The Kier molecular flexibility index (Phi) is 6.93. The van der Waals surface area contributed by atoms with Gasteiger partial charge in [-0.25, -0.2) is 13.1 Å². The maximum Gasteiger partial charge on any atom is 0.208 e. The third-order valence-corrected chi connectivity index (χ3v) is 4.43. The van der Waals surface area contributed by atoms with E-state index in [4.69, 9.17) is 14.7 Å². The molecule has 0 atom stereocenters. The molecule has 0 aliphatic rings. The van der Waals surface area contributed by atoms with Gasteiger partial charge in [0.2, 0.25) is 10.0 Å². The number of nitriles is 1. The van der Waals surface area contributed by atoms with Crippen molar-refractivity contribution in [2.24, 2.45) is 0 Å². The van der Waals surface area contributed by atoms with Gasteiger partial charge in [-0.2, -0.15) is 5.26 Å². The van der Waals surface area contributed by atoms with Gasteiger partial charge in [-0.15, -0.1) is 0 Å². The summed E-state index contributed by atoms with van der Waals surface area (Å²) in [6.45, 7) is 0.130. The van der Waals surface area contributed by atoms with Gasteiger partial charge in [-0.05, 0) is 24.1 Å². The zero-order valence-electron chi connectivity index (χ0n) is 15.1. The predicted octanol–water partition coefficient (Wildman–Crippen LogP) is 1.92. The van der Waals surface area contributed by atoms with Crippen LogP contribution in [0.4, 0.5) is 0 Å². The van der Waals surface area contributed by atoms with Crippen molar-refractivity contribution in [1.29, 1.82) is 5.26 Å². The molecular formula is C19H20N2O5S. The van der Waals surface area contributed by atoms with E-state index in [1.165, 1.54) is 7.11 Å². The molecule has 0 amide bonds. The van der Waals surface area contributed by atoms with E-state index in [2.05, 4.69) is 4.72 Å². The zero-order valence-corrected chi connectivity index (χ0v) is 15.9. The highest BCUT2D eigenvalue weighted by Gasteiger charge is 2.11. The van der Waals surface area contributed by atoms with Crippen LogP contribution in [0.5, 0.6) is 11.5 Å². The smallest absolute Gasteiger partial charge is 0.208 e. The lowest BCUT2D eigenvalue weighted by Gasteiger charge is -2.10. The van der Waals surface area contributed by atoms with Crippen molar-refractivity contribution >= 4 is 15.8 Å². The number of methoxy groups -OCH3 is 1. The van der Waals surface area contributed by atoms with Crippen molar-refractivity contribution in [2.75, 3.05) is 26.5 Å². The molecule has 2 aromatic carbocycles. The molecule has 0 heterocycles. The minimum atomic E-state index is -3.21. The summed E-state index contributed by atoms with van der Waals surface area (Å²) in [6, 6.07) is 13.6. The van der Waals surface area contributed by atoms with Gasteiger partial charge in [-0.1, -0.05) is 24.3 Å². The molecule has 1 N–H and O–H groups in total. The number of sulfonamides is 1. The van der Waals surface area contributed by atoms with Crippen molar-refractivity contribution in [1.82, 2.24) is 4.72 Å². The summed E-state index contributed by atoms with van der Waals surface area (Å²) >= 11 is 0. The van der Waals surface area contributed by atoms with Gasteiger partial charge in [0.15, 0.2) is 23.9 Å². The van der Waals surface area contributed by atoms with Crippen LogP contribution in [0.3, 0.4) is 0 Å². The van der Waals surface area contributed by atoms with E-state index < -0.39 is 10.0 Å². The van der Waals surface area contributed by atoms with Crippen molar-refractivity contribution in [2.45, 2.75) is 6.42 Å². The molecule has 0 fully saturated rings. The number of rotatable bonds is 9. The Bertz CT molecular complexity index is 947. The van der Waals surface area contributed by atoms with E-state index in [9.17, 15) is 13.2 Å². The van der Waals surface area contributed by atoms with Gasteiger partial charge in [0.25, 0.3) is 0 Å². The average molecular weight is 388 g/mol. The first kappa shape index (κ1) is 20.4. The van der Waals surface area contributed by atoms with Gasteiger partial charge in [-0.3, -0.25) is 4.79 Å². The number of carbonyl (C=O) groups excluding carboxylic acids is 1. The van der Waals surface area contributed by atoms with Crippen molar-refractivity contribution in [3.05, 3.63) is 59.2 Å². The van der Waals surface area contributed by atoms with E-state index >= 15 is 0 Å². The van der Waals surface area contributed by atoms with Gasteiger partial charge in [0, 0.05) is 18.2 Å². The van der Waals surface area contributed by atoms with Gasteiger partial charge < -0.3 is 9.47 Å².